The van der Waals surface area contributed by atoms with Crippen LogP contribution in [-0.4, -0.2) is 39.4 Å². The van der Waals surface area contributed by atoms with Crippen molar-refractivity contribution >= 4 is 25.7 Å². The summed E-state index contributed by atoms with van der Waals surface area (Å²) in [6, 6.07) is 0.792. The minimum atomic E-state index is -2.83. The van der Waals surface area contributed by atoms with Crippen LogP contribution in [-0.2, 0) is 18.2 Å². The van der Waals surface area contributed by atoms with Gasteiger partial charge in [-0.05, 0) is 38.0 Å². The van der Waals surface area contributed by atoms with E-state index in [1.807, 2.05) is 0 Å². The number of nitrogens with one attached hydrogen (secondary N) is 1. The van der Waals surface area contributed by atoms with Crippen molar-refractivity contribution in [2.45, 2.75) is 277 Å². The molecule has 1 heterocycles. The number of hydroxylamine groups is 1. The molecule has 56 heavy (non-hydrogen) atoms. The number of hydrogen-bond acceptors (Lipinski definition) is 6. The molecule has 1 aliphatic heterocycles. The van der Waals surface area contributed by atoms with Crippen molar-refractivity contribution in [2.24, 2.45) is 5.92 Å². The number of carbonyl (C=O) groups excluding carboxylic acids is 1. The topological polar surface area (TPSA) is 56.8 Å². The number of thioether (sulfide) groups is 1. The largest absolute Gasteiger partial charge is 0.517 e. The number of rotatable bonds is 43. The van der Waals surface area contributed by atoms with Crippen LogP contribution in [0.2, 0.25) is 6.04 Å². The molecule has 0 radical (unpaired) electrons. The van der Waals surface area contributed by atoms with Gasteiger partial charge in [0.2, 0.25) is 0 Å². The fourth-order valence-corrected chi connectivity index (χ4v) is 11.7. The van der Waals surface area contributed by atoms with E-state index in [2.05, 4.69) is 26.3 Å². The van der Waals surface area contributed by atoms with Gasteiger partial charge in [0.05, 0.1) is 0 Å². The molecule has 1 N–H and O–H groups in total. The molecule has 0 spiro atoms. The predicted octanol–water partition coefficient (Wildman–Crippen LogP) is 16.6. The molecular weight excluding hydrogens is 727 g/mol. The average molecular weight is 826 g/mol. The molecule has 1 rings (SSSR count). The SMILES string of the molecule is CCCCCCCCCCCCCCCCCCC1CCO[Si](CCCSC(=O)CCCCCCCCCCC)(OCCCCCCCCCCCC)ONC1. The third-order valence-corrected chi connectivity index (χ3v) is 15.8. The predicted molar refractivity (Wildman–Crippen MR) is 250 cm³/mol. The molecule has 2 atom stereocenters. The smallest absolute Gasteiger partial charge is 0.373 e. The summed E-state index contributed by atoms with van der Waals surface area (Å²) >= 11 is 1.52. The lowest BCUT2D eigenvalue weighted by Gasteiger charge is -2.33. The van der Waals surface area contributed by atoms with Crippen molar-refractivity contribution in [1.29, 1.82) is 0 Å². The Hall–Kier alpha value is 0.0769. The van der Waals surface area contributed by atoms with Gasteiger partial charge in [-0.2, -0.15) is 0 Å². The average Bonchev–Trinajstić information content (AvgIpc) is 3.19. The minimum Gasteiger partial charge on any atom is -0.373 e. The van der Waals surface area contributed by atoms with E-state index in [4.69, 9.17) is 13.4 Å². The molecule has 0 aromatic carbocycles. The zero-order valence-corrected chi connectivity index (χ0v) is 40.0. The molecule has 1 aliphatic rings. The lowest BCUT2D eigenvalue weighted by atomic mass is 9.97. The van der Waals surface area contributed by atoms with Crippen LogP contribution in [0.5, 0.6) is 0 Å². The zero-order valence-electron chi connectivity index (χ0n) is 38.2. The molecule has 2 unspecified atom stereocenters. The van der Waals surface area contributed by atoms with E-state index >= 15 is 0 Å². The van der Waals surface area contributed by atoms with E-state index in [1.54, 1.807) is 0 Å². The highest BCUT2D eigenvalue weighted by atomic mass is 32.2. The Labute approximate surface area is 356 Å². The van der Waals surface area contributed by atoms with Crippen molar-refractivity contribution in [1.82, 2.24) is 5.48 Å². The molecule has 0 aromatic heterocycles. The zero-order chi connectivity index (χ0) is 40.3. The van der Waals surface area contributed by atoms with Crippen LogP contribution in [0.25, 0.3) is 0 Å². The van der Waals surface area contributed by atoms with Gasteiger partial charge in [-0.1, -0.05) is 244 Å². The third kappa shape index (κ3) is 36.0. The maximum atomic E-state index is 12.6. The van der Waals surface area contributed by atoms with Crippen molar-refractivity contribution in [3.63, 3.8) is 0 Å². The Morgan fingerprint density at radius 3 is 1.43 bits per heavy atom. The Morgan fingerprint density at radius 1 is 0.554 bits per heavy atom. The standard InChI is InChI=1S/C49H99NO4SSi/c1-4-7-10-13-16-19-21-22-23-24-25-26-28-30-33-36-40-48-42-44-53-56(54-50-47-48,52-43-38-35-32-29-20-17-14-11-8-5-2)46-39-45-55-49(51)41-37-34-31-27-18-15-12-9-6-3/h48,50H,4-47H2,1-3H3. The Morgan fingerprint density at radius 2 is 0.964 bits per heavy atom. The fraction of sp³-hybridized carbons (Fsp3) is 0.980. The Bertz CT molecular complexity index is 794. The maximum Gasteiger partial charge on any atom is 0.517 e. The summed E-state index contributed by atoms with van der Waals surface area (Å²) in [5.74, 6) is 1.44. The van der Waals surface area contributed by atoms with Gasteiger partial charge in [-0.15, -0.1) is 0 Å². The molecule has 0 amide bonds. The summed E-state index contributed by atoms with van der Waals surface area (Å²) in [5, 5.41) is 0.351. The molecule has 0 saturated carbocycles. The highest BCUT2D eigenvalue weighted by Crippen LogP contribution is 2.25. The van der Waals surface area contributed by atoms with Gasteiger partial charge >= 0.3 is 8.80 Å². The van der Waals surface area contributed by atoms with Crippen molar-refractivity contribution in [3.05, 3.63) is 0 Å². The normalized spacial score (nSPS) is 17.7. The van der Waals surface area contributed by atoms with Gasteiger partial charge in [0, 0.05) is 38.0 Å². The van der Waals surface area contributed by atoms with Gasteiger partial charge in [-0.3, -0.25) is 9.32 Å². The van der Waals surface area contributed by atoms with E-state index in [1.165, 1.54) is 230 Å². The molecule has 334 valence electrons. The second-order valence-corrected chi connectivity index (χ2v) is 21.5. The highest BCUT2D eigenvalue weighted by Gasteiger charge is 2.42. The maximum absolute atomic E-state index is 12.6. The van der Waals surface area contributed by atoms with Crippen molar-refractivity contribution in [3.8, 4) is 0 Å². The molecule has 1 fully saturated rings. The summed E-state index contributed by atoms with van der Waals surface area (Å²) in [6.07, 6.45) is 51.4. The van der Waals surface area contributed by atoms with E-state index < -0.39 is 8.80 Å². The van der Waals surface area contributed by atoms with Gasteiger partial charge in [0.25, 0.3) is 0 Å². The monoisotopic (exact) mass is 826 g/mol. The van der Waals surface area contributed by atoms with Crippen molar-refractivity contribution in [2.75, 3.05) is 25.5 Å². The second kappa shape index (κ2) is 43.2. The Balaban J connectivity index is 2.28. The molecule has 0 aliphatic carbocycles. The quantitative estimate of drug-likeness (QED) is 0.0488. The summed E-state index contributed by atoms with van der Waals surface area (Å²) in [4.78, 5) is 12.6. The van der Waals surface area contributed by atoms with Crippen LogP contribution in [0.15, 0.2) is 0 Å². The Kier molecular flexibility index (Phi) is 41.7. The molecular formula is C49H99NO4SSi. The van der Waals surface area contributed by atoms with E-state index in [-0.39, 0.29) is 0 Å². The molecule has 0 aromatic rings. The van der Waals surface area contributed by atoms with Gasteiger partial charge in [0.15, 0.2) is 5.12 Å². The molecule has 7 heteroatoms. The van der Waals surface area contributed by atoms with Gasteiger partial charge < -0.3 is 8.85 Å². The fourth-order valence-electron chi connectivity index (χ4n) is 8.22. The summed E-state index contributed by atoms with van der Waals surface area (Å²) in [6.45, 7) is 9.21. The molecule has 5 nitrogen and oxygen atoms in total. The lowest BCUT2D eigenvalue weighted by molar-refractivity contribution is -0.111. The first-order valence-corrected chi connectivity index (χ1v) is 28.4. The van der Waals surface area contributed by atoms with E-state index in [0.717, 1.165) is 57.2 Å². The van der Waals surface area contributed by atoms with Crippen LogP contribution < -0.4 is 5.48 Å². The van der Waals surface area contributed by atoms with Crippen molar-refractivity contribution < 1.29 is 18.2 Å². The molecule has 0 bridgehead atoms. The number of hydrogen-bond donors (Lipinski definition) is 1. The number of unbranched alkanes of at least 4 members (excludes halogenated alkanes) is 32. The summed E-state index contributed by atoms with van der Waals surface area (Å²) in [7, 11) is -2.83. The summed E-state index contributed by atoms with van der Waals surface area (Å²) < 4.78 is 19.6. The lowest BCUT2D eigenvalue weighted by Crippen LogP contribution is -2.52. The highest BCUT2D eigenvalue weighted by molar-refractivity contribution is 8.13. The van der Waals surface area contributed by atoms with E-state index in [0.29, 0.717) is 17.5 Å². The summed E-state index contributed by atoms with van der Waals surface area (Å²) in [5.41, 5.74) is 3.37. The number of carbonyl (C=O) groups is 1. The van der Waals surface area contributed by atoms with Crippen LogP contribution in [0.4, 0.5) is 0 Å². The third-order valence-electron chi connectivity index (χ3n) is 12.1. The van der Waals surface area contributed by atoms with Crippen LogP contribution in [0.3, 0.4) is 0 Å². The first kappa shape index (κ1) is 54.1. The molecule has 1 saturated heterocycles. The first-order valence-electron chi connectivity index (χ1n) is 25.5. The van der Waals surface area contributed by atoms with Gasteiger partial charge in [-0.25, -0.2) is 5.48 Å². The van der Waals surface area contributed by atoms with E-state index in [9.17, 15) is 4.79 Å². The van der Waals surface area contributed by atoms with Gasteiger partial charge in [0.1, 0.15) is 0 Å². The second-order valence-electron chi connectivity index (χ2n) is 17.7. The van der Waals surface area contributed by atoms with Crippen LogP contribution >= 0.6 is 11.8 Å². The minimum absolute atomic E-state index is 0.351. The van der Waals surface area contributed by atoms with Crippen LogP contribution in [0.1, 0.15) is 271 Å². The van der Waals surface area contributed by atoms with Crippen LogP contribution in [0, 0.1) is 5.92 Å². The first-order chi connectivity index (χ1) is 27.7.